The lowest BCUT2D eigenvalue weighted by Crippen LogP contribution is -2.29. The number of fused-ring (bicyclic) bond motifs is 1. The van der Waals surface area contributed by atoms with E-state index in [9.17, 15) is 4.79 Å². The highest BCUT2D eigenvalue weighted by molar-refractivity contribution is 5.99. The molecule has 3 nitrogen and oxygen atoms in total. The maximum absolute atomic E-state index is 11.6. The molecule has 0 radical (unpaired) electrons. The van der Waals surface area contributed by atoms with Gasteiger partial charge in [-0.25, -0.2) is 0 Å². The van der Waals surface area contributed by atoms with Gasteiger partial charge in [-0.1, -0.05) is 18.2 Å². The molecule has 2 rings (SSSR count). The first-order valence-electron chi connectivity index (χ1n) is 4.76. The van der Waals surface area contributed by atoms with Crippen LogP contribution in [0.25, 0.3) is 0 Å². The lowest BCUT2D eigenvalue weighted by molar-refractivity contribution is -0.126. The highest BCUT2D eigenvalue weighted by Crippen LogP contribution is 2.28. The van der Waals surface area contributed by atoms with E-state index in [0.717, 1.165) is 11.3 Å². The average molecular weight is 191 g/mol. The van der Waals surface area contributed by atoms with Gasteiger partial charge in [-0.15, -0.1) is 0 Å². The molecule has 3 heteroatoms. The van der Waals surface area contributed by atoms with E-state index in [-0.39, 0.29) is 12.0 Å². The van der Waals surface area contributed by atoms with Crippen molar-refractivity contribution < 1.29 is 9.63 Å². The summed E-state index contributed by atoms with van der Waals surface area (Å²) in [6.45, 7) is 3.82. The molecule has 0 atom stereocenters. The summed E-state index contributed by atoms with van der Waals surface area (Å²) in [5.74, 6) is 0.0138. The van der Waals surface area contributed by atoms with Crippen LogP contribution in [-0.4, -0.2) is 12.0 Å². The molecule has 0 saturated carbocycles. The maximum Gasteiger partial charge on any atom is 0.255 e. The summed E-state index contributed by atoms with van der Waals surface area (Å²) in [4.78, 5) is 17.0. The van der Waals surface area contributed by atoms with Gasteiger partial charge in [0.15, 0.2) is 0 Å². The predicted molar refractivity (Wildman–Crippen MR) is 53.9 cm³/mol. The Balaban J connectivity index is 2.30. The number of benzene rings is 1. The number of hydrogen-bond donors (Lipinski definition) is 0. The summed E-state index contributed by atoms with van der Waals surface area (Å²) in [6.07, 6.45) is 0.466. The summed E-state index contributed by atoms with van der Waals surface area (Å²) in [7, 11) is 0. The monoisotopic (exact) mass is 191 g/mol. The third kappa shape index (κ3) is 1.51. The van der Waals surface area contributed by atoms with Gasteiger partial charge in [0.1, 0.15) is 0 Å². The fraction of sp³-hybridized carbons (Fsp3) is 0.364. The Morgan fingerprint density at radius 3 is 2.79 bits per heavy atom. The summed E-state index contributed by atoms with van der Waals surface area (Å²) in [5.41, 5.74) is 1.92. The first kappa shape index (κ1) is 9.21. The molecule has 0 spiro atoms. The summed E-state index contributed by atoms with van der Waals surface area (Å²) in [6, 6.07) is 7.71. The van der Waals surface area contributed by atoms with E-state index in [2.05, 4.69) is 0 Å². The van der Waals surface area contributed by atoms with Crippen molar-refractivity contribution in [3.05, 3.63) is 29.8 Å². The van der Waals surface area contributed by atoms with Crippen LogP contribution < -0.4 is 5.06 Å². The third-order valence-corrected chi connectivity index (χ3v) is 2.09. The third-order valence-electron chi connectivity index (χ3n) is 2.09. The van der Waals surface area contributed by atoms with E-state index >= 15 is 0 Å². The zero-order valence-corrected chi connectivity index (χ0v) is 8.36. The van der Waals surface area contributed by atoms with Crippen LogP contribution in [0.5, 0.6) is 0 Å². The molecule has 74 valence electrons. The van der Waals surface area contributed by atoms with Crippen LogP contribution in [0.2, 0.25) is 0 Å². The Morgan fingerprint density at radius 1 is 1.36 bits per heavy atom. The van der Waals surface area contributed by atoms with Crippen LogP contribution in [0.4, 0.5) is 5.69 Å². The highest BCUT2D eigenvalue weighted by atomic mass is 16.7. The van der Waals surface area contributed by atoms with Gasteiger partial charge in [-0.2, -0.15) is 5.06 Å². The van der Waals surface area contributed by atoms with Gasteiger partial charge in [0.25, 0.3) is 5.91 Å². The van der Waals surface area contributed by atoms with Crippen molar-refractivity contribution in [1.82, 2.24) is 0 Å². The van der Waals surface area contributed by atoms with Crippen molar-refractivity contribution >= 4 is 11.6 Å². The van der Waals surface area contributed by atoms with E-state index < -0.39 is 0 Å². The second kappa shape index (κ2) is 3.42. The molecular formula is C11H13NO2. The molecule has 0 aromatic heterocycles. The second-order valence-electron chi connectivity index (χ2n) is 3.65. The molecule has 1 aromatic carbocycles. The van der Waals surface area contributed by atoms with Crippen LogP contribution in [0.1, 0.15) is 19.4 Å². The van der Waals surface area contributed by atoms with E-state index in [0.29, 0.717) is 6.42 Å². The minimum absolute atomic E-state index is 0.0138. The fourth-order valence-electron chi connectivity index (χ4n) is 1.55. The molecule has 1 aliphatic heterocycles. The van der Waals surface area contributed by atoms with Crippen molar-refractivity contribution in [2.45, 2.75) is 26.4 Å². The Kier molecular flexibility index (Phi) is 2.25. The molecule has 1 heterocycles. The number of carbonyl (C=O) groups excluding carboxylic acids is 1. The fourth-order valence-corrected chi connectivity index (χ4v) is 1.55. The molecule has 0 unspecified atom stereocenters. The molecule has 0 N–H and O–H groups in total. The number of nitrogens with zero attached hydrogens (tertiary/aromatic N) is 1. The topological polar surface area (TPSA) is 29.5 Å². The molecule has 1 amide bonds. The molecule has 0 fully saturated rings. The summed E-state index contributed by atoms with van der Waals surface area (Å²) >= 11 is 0. The van der Waals surface area contributed by atoms with Crippen molar-refractivity contribution in [3.63, 3.8) is 0 Å². The predicted octanol–water partition coefficient (Wildman–Crippen LogP) is 1.92. The number of hydrogen-bond acceptors (Lipinski definition) is 2. The number of anilines is 1. The standard InChI is InChI=1S/C11H13NO2/c1-8(2)14-12-10-6-4-3-5-9(10)7-11(12)13/h3-6,8H,7H2,1-2H3. The smallest absolute Gasteiger partial charge is 0.255 e. The lowest BCUT2D eigenvalue weighted by atomic mass is 10.2. The average Bonchev–Trinajstić information content (AvgIpc) is 2.43. The van der Waals surface area contributed by atoms with Gasteiger partial charge in [0, 0.05) is 0 Å². The Bertz CT molecular complexity index is 360. The highest BCUT2D eigenvalue weighted by Gasteiger charge is 2.28. The normalized spacial score (nSPS) is 15.1. The molecule has 0 bridgehead atoms. The van der Waals surface area contributed by atoms with Gasteiger partial charge in [0.2, 0.25) is 0 Å². The largest absolute Gasteiger partial charge is 0.272 e. The SMILES string of the molecule is CC(C)ON1C(=O)Cc2ccccc21. The van der Waals surface area contributed by atoms with Gasteiger partial charge in [0.05, 0.1) is 18.2 Å². The molecule has 0 aliphatic carbocycles. The van der Waals surface area contributed by atoms with Crippen LogP contribution in [0.15, 0.2) is 24.3 Å². The summed E-state index contributed by atoms with van der Waals surface area (Å²) in [5, 5.41) is 1.40. The number of hydroxylamine groups is 1. The van der Waals surface area contributed by atoms with Gasteiger partial charge >= 0.3 is 0 Å². The Morgan fingerprint density at radius 2 is 2.07 bits per heavy atom. The zero-order valence-electron chi connectivity index (χ0n) is 8.36. The van der Waals surface area contributed by atoms with Crippen molar-refractivity contribution in [1.29, 1.82) is 0 Å². The van der Waals surface area contributed by atoms with Gasteiger partial charge in [-0.05, 0) is 25.5 Å². The van der Waals surface area contributed by atoms with Crippen LogP contribution in [-0.2, 0) is 16.1 Å². The molecular weight excluding hydrogens is 178 g/mol. The van der Waals surface area contributed by atoms with Gasteiger partial charge in [-0.3, -0.25) is 9.63 Å². The second-order valence-corrected chi connectivity index (χ2v) is 3.65. The van der Waals surface area contributed by atoms with Crippen LogP contribution in [0, 0.1) is 0 Å². The molecule has 14 heavy (non-hydrogen) atoms. The Hall–Kier alpha value is -1.35. The number of para-hydroxylation sites is 1. The number of amides is 1. The summed E-state index contributed by atoms with van der Waals surface area (Å²) < 4.78 is 0. The van der Waals surface area contributed by atoms with Crippen molar-refractivity contribution in [2.24, 2.45) is 0 Å². The first-order valence-corrected chi connectivity index (χ1v) is 4.76. The van der Waals surface area contributed by atoms with E-state index in [1.165, 1.54) is 5.06 Å². The van der Waals surface area contributed by atoms with Gasteiger partial charge < -0.3 is 0 Å². The van der Waals surface area contributed by atoms with E-state index in [1.807, 2.05) is 38.1 Å². The van der Waals surface area contributed by atoms with E-state index in [4.69, 9.17) is 4.84 Å². The Labute approximate surface area is 83.2 Å². The number of carbonyl (C=O) groups is 1. The first-order chi connectivity index (χ1) is 6.68. The lowest BCUT2D eigenvalue weighted by Gasteiger charge is -2.19. The van der Waals surface area contributed by atoms with Crippen molar-refractivity contribution in [2.75, 3.05) is 5.06 Å². The maximum atomic E-state index is 11.6. The number of rotatable bonds is 2. The molecule has 0 saturated heterocycles. The van der Waals surface area contributed by atoms with Crippen LogP contribution in [0.3, 0.4) is 0 Å². The van der Waals surface area contributed by atoms with Crippen molar-refractivity contribution in [3.8, 4) is 0 Å². The zero-order chi connectivity index (χ0) is 10.1. The minimum Gasteiger partial charge on any atom is -0.272 e. The molecule has 1 aromatic rings. The molecule has 1 aliphatic rings. The van der Waals surface area contributed by atoms with Crippen LogP contribution >= 0.6 is 0 Å². The quantitative estimate of drug-likeness (QED) is 0.714. The van der Waals surface area contributed by atoms with E-state index in [1.54, 1.807) is 0 Å². The minimum atomic E-state index is 0.0138.